The topological polar surface area (TPSA) is 72.4 Å². The molecule has 1 aromatic heterocycles. The fourth-order valence-electron chi connectivity index (χ4n) is 5.37. The number of carbonyl (C=O) groups excluding carboxylic acids is 2. The Balaban J connectivity index is 1.35. The number of nitrogens with zero attached hydrogens (tertiary/aromatic N) is 1. The van der Waals surface area contributed by atoms with Crippen LogP contribution in [-0.4, -0.2) is 23.6 Å². The highest BCUT2D eigenvalue weighted by molar-refractivity contribution is 6.10. The third-order valence-electron chi connectivity index (χ3n) is 7.89. The molecule has 0 spiro atoms. The first-order valence-corrected chi connectivity index (χ1v) is 13.9. The quantitative estimate of drug-likeness (QED) is 0.141. The zero-order valence-corrected chi connectivity index (χ0v) is 23.5. The molecule has 2 N–H and O–H groups in total. The number of anilines is 2. The van der Waals surface area contributed by atoms with E-state index in [9.17, 15) is 27.2 Å². The monoisotopic (exact) mass is 601 g/mol. The lowest BCUT2D eigenvalue weighted by atomic mass is 10.0. The van der Waals surface area contributed by atoms with E-state index >= 15 is 0 Å². The van der Waals surface area contributed by atoms with Crippen LogP contribution in [0, 0.1) is 5.82 Å². The summed E-state index contributed by atoms with van der Waals surface area (Å²) < 4.78 is 59.5. The second-order valence-electron chi connectivity index (χ2n) is 10.8. The first kappa shape index (κ1) is 29.0. The number of ether oxygens (including phenoxy) is 1. The molecule has 0 bridgehead atoms. The molecule has 4 aromatic carbocycles. The maximum absolute atomic E-state index is 13.9. The highest BCUT2D eigenvalue weighted by Gasteiger charge is 2.46. The number of hydrogen-bond donors (Lipinski definition) is 2. The van der Waals surface area contributed by atoms with Crippen molar-refractivity contribution in [2.45, 2.75) is 31.1 Å². The summed E-state index contributed by atoms with van der Waals surface area (Å²) in [4.78, 5) is 25.8. The molecule has 0 atom stereocenters. The molecular formula is C34H27F4N3O3. The van der Waals surface area contributed by atoms with Gasteiger partial charge in [0.25, 0.3) is 5.91 Å². The van der Waals surface area contributed by atoms with E-state index in [2.05, 4.69) is 10.6 Å². The van der Waals surface area contributed by atoms with Gasteiger partial charge in [-0.05, 0) is 90.7 Å². The number of alkyl halides is 3. The molecule has 1 amide bonds. The number of carbonyl (C=O) groups is 2. The number of fused-ring (bicyclic) bond motifs is 1. The van der Waals surface area contributed by atoms with Gasteiger partial charge in [0.15, 0.2) is 0 Å². The molecule has 0 saturated heterocycles. The molecule has 44 heavy (non-hydrogen) atoms. The fraction of sp³-hybridized carbons (Fsp3) is 0.176. The van der Waals surface area contributed by atoms with Crippen LogP contribution in [0.3, 0.4) is 0 Å². The Hall–Kier alpha value is -5.12. The number of rotatable bonds is 8. The van der Waals surface area contributed by atoms with Gasteiger partial charge in [0.05, 0.1) is 34.9 Å². The second kappa shape index (κ2) is 11.2. The molecule has 5 aromatic rings. The summed E-state index contributed by atoms with van der Waals surface area (Å²) in [7, 11) is 1.31. The van der Waals surface area contributed by atoms with Crippen LogP contribution in [0.5, 0.6) is 0 Å². The van der Waals surface area contributed by atoms with Crippen LogP contribution in [0.15, 0.2) is 97.2 Å². The summed E-state index contributed by atoms with van der Waals surface area (Å²) in [5.74, 6) is -1.13. The number of amides is 1. The van der Waals surface area contributed by atoms with Crippen LogP contribution in [0.25, 0.3) is 10.9 Å². The molecule has 1 saturated carbocycles. The van der Waals surface area contributed by atoms with Crippen LogP contribution < -0.4 is 10.6 Å². The first-order valence-electron chi connectivity index (χ1n) is 13.9. The number of benzene rings is 4. The van der Waals surface area contributed by atoms with Gasteiger partial charge in [0.2, 0.25) is 0 Å². The van der Waals surface area contributed by atoms with Gasteiger partial charge in [-0.1, -0.05) is 24.3 Å². The minimum Gasteiger partial charge on any atom is -0.465 e. The SMILES string of the molecule is COC(=O)c1ccc(C2(NC(=O)c3ccc(Nc4ccc(F)cc4)c4ccn(Cc5ccc(C(F)(F)F)cc5)c34)CC2)cc1. The second-order valence-corrected chi connectivity index (χ2v) is 10.8. The lowest BCUT2D eigenvalue weighted by molar-refractivity contribution is -0.137. The minimum absolute atomic E-state index is 0.224. The van der Waals surface area contributed by atoms with Gasteiger partial charge in [-0.3, -0.25) is 4.79 Å². The predicted octanol–water partition coefficient (Wildman–Crippen LogP) is 7.80. The zero-order chi connectivity index (χ0) is 31.1. The van der Waals surface area contributed by atoms with E-state index in [1.807, 2.05) is 10.6 Å². The van der Waals surface area contributed by atoms with Gasteiger partial charge >= 0.3 is 12.1 Å². The molecule has 6 rings (SSSR count). The molecule has 224 valence electrons. The van der Waals surface area contributed by atoms with E-state index in [4.69, 9.17) is 4.74 Å². The number of halogens is 4. The Kier molecular flexibility index (Phi) is 7.36. The predicted molar refractivity (Wildman–Crippen MR) is 158 cm³/mol. The summed E-state index contributed by atoms with van der Waals surface area (Å²) >= 11 is 0. The highest BCUT2D eigenvalue weighted by Crippen LogP contribution is 2.46. The Morgan fingerprint density at radius 3 is 2.18 bits per heavy atom. The summed E-state index contributed by atoms with van der Waals surface area (Å²) in [5.41, 5.74) is 2.87. The fourth-order valence-corrected chi connectivity index (χ4v) is 5.37. The molecular weight excluding hydrogens is 574 g/mol. The van der Waals surface area contributed by atoms with E-state index in [1.54, 1.807) is 54.7 Å². The van der Waals surface area contributed by atoms with Crippen molar-refractivity contribution in [3.8, 4) is 0 Å². The largest absolute Gasteiger partial charge is 0.465 e. The van der Waals surface area contributed by atoms with Gasteiger partial charge in [-0.25, -0.2) is 9.18 Å². The maximum Gasteiger partial charge on any atom is 0.416 e. The van der Waals surface area contributed by atoms with Crippen molar-refractivity contribution in [2.75, 3.05) is 12.4 Å². The highest BCUT2D eigenvalue weighted by atomic mass is 19.4. The number of esters is 1. The van der Waals surface area contributed by atoms with Crippen molar-refractivity contribution in [2.24, 2.45) is 0 Å². The molecule has 0 radical (unpaired) electrons. The minimum atomic E-state index is -4.44. The normalized spacial score (nSPS) is 13.8. The summed E-state index contributed by atoms with van der Waals surface area (Å²) in [5, 5.41) is 7.16. The molecule has 0 aliphatic heterocycles. The van der Waals surface area contributed by atoms with Gasteiger partial charge in [0, 0.05) is 29.5 Å². The molecule has 6 nitrogen and oxygen atoms in total. The third kappa shape index (κ3) is 5.75. The van der Waals surface area contributed by atoms with Crippen LogP contribution in [-0.2, 0) is 23.0 Å². The van der Waals surface area contributed by atoms with Crippen molar-refractivity contribution in [1.29, 1.82) is 0 Å². The number of nitrogens with one attached hydrogen (secondary N) is 2. The third-order valence-corrected chi connectivity index (χ3v) is 7.89. The van der Waals surface area contributed by atoms with E-state index in [-0.39, 0.29) is 18.3 Å². The Morgan fingerprint density at radius 2 is 1.57 bits per heavy atom. The Labute approximate surface area is 250 Å². The molecule has 1 aliphatic rings. The van der Waals surface area contributed by atoms with Crippen molar-refractivity contribution in [3.05, 3.63) is 131 Å². The van der Waals surface area contributed by atoms with E-state index in [0.29, 0.717) is 39.0 Å². The number of methoxy groups -OCH3 is 1. The van der Waals surface area contributed by atoms with Gasteiger partial charge in [0.1, 0.15) is 5.82 Å². The van der Waals surface area contributed by atoms with Crippen LogP contribution >= 0.6 is 0 Å². The number of aromatic nitrogens is 1. The van der Waals surface area contributed by atoms with E-state index < -0.39 is 23.2 Å². The first-order chi connectivity index (χ1) is 21.1. The molecule has 1 aliphatic carbocycles. The smallest absolute Gasteiger partial charge is 0.416 e. The van der Waals surface area contributed by atoms with Crippen LogP contribution in [0.4, 0.5) is 28.9 Å². The molecule has 1 heterocycles. The van der Waals surface area contributed by atoms with Gasteiger partial charge in [-0.2, -0.15) is 13.2 Å². The van der Waals surface area contributed by atoms with Crippen molar-refractivity contribution < 1.29 is 31.9 Å². The average molecular weight is 602 g/mol. The number of hydrogen-bond acceptors (Lipinski definition) is 4. The zero-order valence-electron chi connectivity index (χ0n) is 23.5. The van der Waals surface area contributed by atoms with Crippen molar-refractivity contribution in [1.82, 2.24) is 9.88 Å². The van der Waals surface area contributed by atoms with Gasteiger partial charge in [-0.15, -0.1) is 0 Å². The molecule has 0 unspecified atom stereocenters. The van der Waals surface area contributed by atoms with Crippen molar-refractivity contribution >= 4 is 34.2 Å². The van der Waals surface area contributed by atoms with Crippen LogP contribution in [0.2, 0.25) is 0 Å². The van der Waals surface area contributed by atoms with Crippen LogP contribution in [0.1, 0.15) is 50.2 Å². The molecule has 1 fully saturated rings. The summed E-state index contributed by atoms with van der Waals surface area (Å²) in [6.07, 6.45) is -1.22. The lowest BCUT2D eigenvalue weighted by Crippen LogP contribution is -2.35. The Bertz CT molecular complexity index is 1840. The van der Waals surface area contributed by atoms with E-state index in [1.165, 1.54) is 31.4 Å². The van der Waals surface area contributed by atoms with Gasteiger partial charge < -0.3 is 19.9 Å². The van der Waals surface area contributed by atoms with Crippen molar-refractivity contribution in [3.63, 3.8) is 0 Å². The standard InChI is InChI=1S/C34H27F4N3O3/c1-44-32(43)22-4-8-23(9-5-22)33(17-18-33)40-31(42)28-14-15-29(39-26-12-10-25(35)11-13-26)27-16-19-41(30(27)28)20-21-2-6-24(7-3-21)34(36,37)38/h2-16,19,39H,17-18,20H2,1H3,(H,40,42). The maximum atomic E-state index is 13.9. The summed E-state index contributed by atoms with van der Waals surface area (Å²) in [6.45, 7) is 0.224. The average Bonchev–Trinajstić information content (AvgIpc) is 3.68. The summed E-state index contributed by atoms with van der Waals surface area (Å²) in [6, 6.07) is 23.0. The van der Waals surface area contributed by atoms with E-state index in [0.717, 1.165) is 30.5 Å². The lowest BCUT2D eigenvalue weighted by Gasteiger charge is -2.20. The Morgan fingerprint density at radius 1 is 0.886 bits per heavy atom. The molecule has 10 heteroatoms.